The average molecular weight is 255 g/mol. The van der Waals surface area contributed by atoms with Gasteiger partial charge in [0, 0.05) is 20.2 Å². The summed E-state index contributed by atoms with van der Waals surface area (Å²) in [6.07, 6.45) is -0.485. The molecule has 1 aromatic carbocycles. The van der Waals surface area contributed by atoms with Crippen molar-refractivity contribution >= 4 is 0 Å². The lowest BCUT2D eigenvalue weighted by Crippen LogP contribution is -2.32. The van der Waals surface area contributed by atoms with E-state index in [1.54, 1.807) is 14.2 Å². The second-order valence-corrected chi connectivity index (χ2v) is 3.81. The fourth-order valence-corrected chi connectivity index (χ4v) is 1.49. The van der Waals surface area contributed by atoms with E-state index in [0.29, 0.717) is 26.3 Å². The lowest BCUT2D eigenvalue weighted by atomic mass is 10.3. The number of aliphatic hydroxyl groups excluding tert-OH is 1. The van der Waals surface area contributed by atoms with Gasteiger partial charge in [-0.1, -0.05) is 12.1 Å². The predicted octanol–water partition coefficient (Wildman–Crippen LogP) is 0.671. The summed E-state index contributed by atoms with van der Waals surface area (Å²) in [6, 6.07) is 7.50. The van der Waals surface area contributed by atoms with Crippen LogP contribution in [0.25, 0.3) is 0 Å². The minimum Gasteiger partial charge on any atom is -0.493 e. The van der Waals surface area contributed by atoms with Crippen molar-refractivity contribution in [2.75, 3.05) is 40.5 Å². The van der Waals surface area contributed by atoms with E-state index in [1.807, 2.05) is 24.3 Å². The minimum atomic E-state index is -0.485. The van der Waals surface area contributed by atoms with Crippen molar-refractivity contribution in [1.82, 2.24) is 5.32 Å². The Morgan fingerprint density at radius 2 is 1.94 bits per heavy atom. The predicted molar refractivity (Wildman–Crippen MR) is 69.2 cm³/mol. The third-order valence-corrected chi connectivity index (χ3v) is 2.34. The summed E-state index contributed by atoms with van der Waals surface area (Å²) in [5.41, 5.74) is 0. The molecule has 0 saturated carbocycles. The Bertz CT molecular complexity index is 333. The van der Waals surface area contributed by atoms with Crippen molar-refractivity contribution in [1.29, 1.82) is 0 Å². The van der Waals surface area contributed by atoms with E-state index >= 15 is 0 Å². The number of methoxy groups -OCH3 is 2. The third-order valence-electron chi connectivity index (χ3n) is 2.34. The Balaban J connectivity index is 2.17. The zero-order chi connectivity index (χ0) is 13.2. The molecule has 0 amide bonds. The number of benzene rings is 1. The highest BCUT2D eigenvalue weighted by Crippen LogP contribution is 2.25. The first kappa shape index (κ1) is 14.8. The molecule has 2 N–H and O–H groups in total. The summed E-state index contributed by atoms with van der Waals surface area (Å²) in [5, 5.41) is 12.5. The maximum absolute atomic E-state index is 9.40. The first-order valence-electron chi connectivity index (χ1n) is 5.91. The molecular formula is C13H21NO4. The van der Waals surface area contributed by atoms with Gasteiger partial charge in [0.2, 0.25) is 0 Å². The first-order valence-corrected chi connectivity index (χ1v) is 5.91. The molecule has 0 aliphatic carbocycles. The smallest absolute Gasteiger partial charge is 0.161 e. The van der Waals surface area contributed by atoms with Gasteiger partial charge in [-0.15, -0.1) is 0 Å². The number of ether oxygens (including phenoxy) is 3. The highest BCUT2D eigenvalue weighted by molar-refractivity contribution is 5.39. The number of hydrogen-bond donors (Lipinski definition) is 2. The Hall–Kier alpha value is -1.30. The molecule has 0 bridgehead atoms. The Labute approximate surface area is 108 Å². The third kappa shape index (κ3) is 5.35. The van der Waals surface area contributed by atoms with Gasteiger partial charge in [0.15, 0.2) is 11.5 Å². The van der Waals surface area contributed by atoms with E-state index < -0.39 is 6.10 Å². The second kappa shape index (κ2) is 8.74. The van der Waals surface area contributed by atoms with Crippen LogP contribution in [0.3, 0.4) is 0 Å². The second-order valence-electron chi connectivity index (χ2n) is 3.81. The first-order chi connectivity index (χ1) is 8.77. The van der Waals surface area contributed by atoms with Gasteiger partial charge in [-0.2, -0.15) is 0 Å². The Kier molecular flexibility index (Phi) is 7.17. The Morgan fingerprint density at radius 1 is 1.22 bits per heavy atom. The van der Waals surface area contributed by atoms with Crippen molar-refractivity contribution in [3.8, 4) is 11.5 Å². The molecule has 0 aliphatic rings. The molecule has 102 valence electrons. The standard InChI is InChI=1S/C13H21NO4/c1-16-10-11(15)9-14-7-8-18-13-6-4-3-5-12(13)17-2/h3-6,11,14-15H,7-10H2,1-2H3. The van der Waals surface area contributed by atoms with E-state index in [0.717, 1.165) is 11.5 Å². The van der Waals surface area contributed by atoms with Gasteiger partial charge in [-0.3, -0.25) is 0 Å². The van der Waals surface area contributed by atoms with Crippen LogP contribution in [-0.4, -0.2) is 51.7 Å². The fourth-order valence-electron chi connectivity index (χ4n) is 1.49. The quantitative estimate of drug-likeness (QED) is 0.635. The van der Waals surface area contributed by atoms with Crippen LogP contribution in [0.2, 0.25) is 0 Å². The molecule has 1 rings (SSSR count). The van der Waals surface area contributed by atoms with Crippen LogP contribution >= 0.6 is 0 Å². The molecule has 1 unspecified atom stereocenters. The largest absolute Gasteiger partial charge is 0.493 e. The Morgan fingerprint density at radius 3 is 2.61 bits per heavy atom. The van der Waals surface area contributed by atoms with Gasteiger partial charge < -0.3 is 24.6 Å². The van der Waals surface area contributed by atoms with Crippen LogP contribution in [-0.2, 0) is 4.74 Å². The zero-order valence-corrected chi connectivity index (χ0v) is 10.9. The van der Waals surface area contributed by atoms with Crippen molar-refractivity contribution in [2.45, 2.75) is 6.10 Å². The van der Waals surface area contributed by atoms with Crippen LogP contribution in [0.1, 0.15) is 0 Å². The SMILES string of the molecule is COCC(O)CNCCOc1ccccc1OC. The van der Waals surface area contributed by atoms with Crippen LogP contribution in [0.15, 0.2) is 24.3 Å². The monoisotopic (exact) mass is 255 g/mol. The molecule has 0 aromatic heterocycles. The van der Waals surface area contributed by atoms with E-state index in [2.05, 4.69) is 5.32 Å². The van der Waals surface area contributed by atoms with Gasteiger partial charge in [0.05, 0.1) is 19.8 Å². The maximum Gasteiger partial charge on any atom is 0.161 e. The van der Waals surface area contributed by atoms with Gasteiger partial charge in [0.25, 0.3) is 0 Å². The molecule has 0 fully saturated rings. The van der Waals surface area contributed by atoms with Crippen LogP contribution in [0, 0.1) is 0 Å². The van der Waals surface area contributed by atoms with Crippen LogP contribution in [0.4, 0.5) is 0 Å². The lowest BCUT2D eigenvalue weighted by molar-refractivity contribution is 0.0641. The summed E-state index contributed by atoms with van der Waals surface area (Å²) in [6.45, 7) is 1.99. The number of nitrogens with one attached hydrogen (secondary N) is 1. The van der Waals surface area contributed by atoms with Crippen molar-refractivity contribution in [3.05, 3.63) is 24.3 Å². The van der Waals surface area contributed by atoms with Crippen molar-refractivity contribution < 1.29 is 19.3 Å². The zero-order valence-electron chi connectivity index (χ0n) is 10.9. The van der Waals surface area contributed by atoms with Crippen molar-refractivity contribution in [3.63, 3.8) is 0 Å². The summed E-state index contributed by atoms with van der Waals surface area (Å²) >= 11 is 0. The summed E-state index contributed by atoms with van der Waals surface area (Å²) in [4.78, 5) is 0. The molecule has 0 spiro atoms. The maximum atomic E-state index is 9.40. The van der Waals surface area contributed by atoms with Gasteiger partial charge in [0.1, 0.15) is 6.61 Å². The molecule has 18 heavy (non-hydrogen) atoms. The van der Waals surface area contributed by atoms with Gasteiger partial charge >= 0.3 is 0 Å². The van der Waals surface area contributed by atoms with E-state index in [-0.39, 0.29) is 0 Å². The summed E-state index contributed by atoms with van der Waals surface area (Å²) in [5.74, 6) is 1.44. The number of rotatable bonds is 9. The summed E-state index contributed by atoms with van der Waals surface area (Å²) in [7, 11) is 3.18. The highest BCUT2D eigenvalue weighted by atomic mass is 16.5. The van der Waals surface area contributed by atoms with Crippen LogP contribution in [0.5, 0.6) is 11.5 Å². The van der Waals surface area contributed by atoms with E-state index in [9.17, 15) is 5.11 Å². The van der Waals surface area contributed by atoms with Crippen molar-refractivity contribution in [2.24, 2.45) is 0 Å². The molecule has 5 heteroatoms. The highest BCUT2D eigenvalue weighted by Gasteiger charge is 2.03. The molecule has 1 aromatic rings. The lowest BCUT2D eigenvalue weighted by Gasteiger charge is -2.12. The molecular weight excluding hydrogens is 234 g/mol. The topological polar surface area (TPSA) is 60.0 Å². The van der Waals surface area contributed by atoms with E-state index in [1.165, 1.54) is 0 Å². The van der Waals surface area contributed by atoms with Crippen LogP contribution < -0.4 is 14.8 Å². The molecule has 0 heterocycles. The number of para-hydroxylation sites is 2. The molecule has 5 nitrogen and oxygen atoms in total. The normalized spacial score (nSPS) is 12.2. The summed E-state index contributed by atoms with van der Waals surface area (Å²) < 4.78 is 15.6. The molecule has 0 aliphatic heterocycles. The number of aliphatic hydroxyl groups is 1. The molecule has 1 atom stereocenters. The van der Waals surface area contributed by atoms with E-state index in [4.69, 9.17) is 14.2 Å². The average Bonchev–Trinajstić information content (AvgIpc) is 2.39. The fraction of sp³-hybridized carbons (Fsp3) is 0.538. The van der Waals surface area contributed by atoms with Gasteiger partial charge in [-0.05, 0) is 12.1 Å². The van der Waals surface area contributed by atoms with Gasteiger partial charge in [-0.25, -0.2) is 0 Å². The molecule has 0 radical (unpaired) electrons. The number of hydrogen-bond acceptors (Lipinski definition) is 5. The minimum absolute atomic E-state index is 0.334. The molecule has 0 saturated heterocycles.